The number of halogens is 1. The number of hydrogen-bond donors (Lipinski definition) is 1. The summed E-state index contributed by atoms with van der Waals surface area (Å²) >= 11 is 0. The summed E-state index contributed by atoms with van der Waals surface area (Å²) in [5.41, 5.74) is -0.0543. The number of aldehydes is 1. The van der Waals surface area contributed by atoms with Gasteiger partial charge < -0.3 is 9.53 Å². The van der Waals surface area contributed by atoms with E-state index in [1.165, 1.54) is 6.07 Å². The number of nitrogens with zero attached hydrogens (tertiary/aromatic N) is 2. The highest BCUT2D eigenvalue weighted by atomic mass is 19.1. The largest absolute Gasteiger partial charge is 0.444 e. The maximum absolute atomic E-state index is 14.3. The van der Waals surface area contributed by atoms with E-state index < -0.39 is 17.5 Å². The summed E-state index contributed by atoms with van der Waals surface area (Å²) in [5.74, 6) is -0.420. The minimum absolute atomic E-state index is 0.0657. The second-order valence-electron chi connectivity index (χ2n) is 7.83. The summed E-state index contributed by atoms with van der Waals surface area (Å²) in [4.78, 5) is 22.8. The van der Waals surface area contributed by atoms with E-state index in [0.717, 1.165) is 37.4 Å². The molecule has 6 nitrogen and oxygen atoms in total. The van der Waals surface area contributed by atoms with Gasteiger partial charge in [0.2, 0.25) is 0 Å². The number of carbonyl (C=O) groups is 2. The number of benzene rings is 1. The molecule has 3 rings (SSSR count). The van der Waals surface area contributed by atoms with Gasteiger partial charge in [0.15, 0.2) is 0 Å². The average Bonchev–Trinajstić information content (AvgIpc) is 2.96. The van der Waals surface area contributed by atoms with Gasteiger partial charge in [0, 0.05) is 23.6 Å². The Morgan fingerprint density at radius 2 is 2.00 bits per heavy atom. The smallest absolute Gasteiger partial charge is 0.412 e. The molecule has 0 aliphatic heterocycles. The number of carbonyl (C=O) groups excluding carboxylic acids is 2. The van der Waals surface area contributed by atoms with E-state index >= 15 is 0 Å². The third-order valence-corrected chi connectivity index (χ3v) is 4.55. The van der Waals surface area contributed by atoms with Crippen molar-refractivity contribution in [1.29, 1.82) is 0 Å². The fourth-order valence-corrected chi connectivity index (χ4v) is 3.26. The van der Waals surface area contributed by atoms with Gasteiger partial charge in [-0.05, 0) is 52.5 Å². The molecule has 1 heterocycles. The lowest BCUT2D eigenvalue weighted by molar-refractivity contribution is -0.112. The molecule has 0 unspecified atom stereocenters. The van der Waals surface area contributed by atoms with Crippen molar-refractivity contribution in [2.24, 2.45) is 5.92 Å². The Morgan fingerprint density at radius 3 is 2.62 bits per heavy atom. The normalized spacial score (nSPS) is 20.8. The highest BCUT2D eigenvalue weighted by Crippen LogP contribution is 2.32. The molecule has 1 N–H and O–H groups in total. The zero-order valence-electron chi connectivity index (χ0n) is 15.3. The Kier molecular flexibility index (Phi) is 4.98. The van der Waals surface area contributed by atoms with Crippen molar-refractivity contribution in [2.45, 2.75) is 58.1 Å². The van der Waals surface area contributed by atoms with E-state index in [1.54, 1.807) is 26.8 Å². The molecule has 7 heteroatoms. The maximum Gasteiger partial charge on any atom is 0.412 e. The van der Waals surface area contributed by atoms with Crippen LogP contribution in [0.4, 0.5) is 14.9 Å². The summed E-state index contributed by atoms with van der Waals surface area (Å²) in [6.07, 6.45) is 5.65. The lowest BCUT2D eigenvalue weighted by Gasteiger charge is -2.25. The van der Waals surface area contributed by atoms with E-state index in [0.29, 0.717) is 5.52 Å². The van der Waals surface area contributed by atoms with Gasteiger partial charge in [-0.2, -0.15) is 5.10 Å². The second-order valence-corrected chi connectivity index (χ2v) is 7.83. The van der Waals surface area contributed by atoms with Crippen LogP contribution in [0, 0.1) is 11.7 Å². The molecular weight excluding hydrogens is 337 g/mol. The standard InChI is InChI=1S/C19H24FN3O3/c1-19(2,3)26-18(25)21-17-8-13-10-23(22-16(13)9-15(17)20)14-6-4-12(11-24)5-7-14/h8-12,14H,4-7H2,1-3H3,(H,21,25)/t12-,14-. The first kappa shape index (κ1) is 18.4. The fourth-order valence-electron chi connectivity index (χ4n) is 3.26. The zero-order chi connectivity index (χ0) is 18.9. The summed E-state index contributed by atoms with van der Waals surface area (Å²) < 4.78 is 21.3. The molecule has 1 aromatic carbocycles. The maximum atomic E-state index is 14.3. The molecule has 26 heavy (non-hydrogen) atoms. The summed E-state index contributed by atoms with van der Waals surface area (Å²) in [6, 6.07) is 3.09. The number of amides is 1. The van der Waals surface area contributed by atoms with Gasteiger partial charge >= 0.3 is 6.09 Å². The van der Waals surface area contributed by atoms with Gasteiger partial charge in [0.1, 0.15) is 17.7 Å². The molecule has 1 fully saturated rings. The van der Waals surface area contributed by atoms with Crippen LogP contribution >= 0.6 is 0 Å². The number of nitrogens with one attached hydrogen (secondary N) is 1. The number of aromatic nitrogens is 2. The zero-order valence-corrected chi connectivity index (χ0v) is 15.3. The Hall–Kier alpha value is -2.44. The molecule has 140 valence electrons. The lowest BCUT2D eigenvalue weighted by atomic mass is 9.87. The molecule has 2 aromatic rings. The molecule has 1 saturated carbocycles. The molecule has 0 radical (unpaired) electrons. The molecule has 0 bridgehead atoms. The first-order valence-electron chi connectivity index (χ1n) is 8.89. The number of fused-ring (bicyclic) bond motifs is 1. The van der Waals surface area contributed by atoms with E-state index in [2.05, 4.69) is 10.4 Å². The van der Waals surface area contributed by atoms with Crippen molar-refractivity contribution >= 4 is 29.0 Å². The van der Waals surface area contributed by atoms with Gasteiger partial charge in [-0.1, -0.05) is 0 Å². The first-order valence-corrected chi connectivity index (χ1v) is 8.89. The van der Waals surface area contributed by atoms with Crippen LogP contribution in [0.2, 0.25) is 0 Å². The minimum Gasteiger partial charge on any atom is -0.444 e. The molecule has 1 aromatic heterocycles. The van der Waals surface area contributed by atoms with Crippen LogP contribution in [0.5, 0.6) is 0 Å². The van der Waals surface area contributed by atoms with Crippen LogP contribution in [0.25, 0.3) is 10.9 Å². The molecule has 0 spiro atoms. The summed E-state index contributed by atoms with van der Waals surface area (Å²) in [5, 5.41) is 7.67. The van der Waals surface area contributed by atoms with E-state index in [-0.39, 0.29) is 17.6 Å². The van der Waals surface area contributed by atoms with Crippen LogP contribution in [0.15, 0.2) is 18.3 Å². The van der Waals surface area contributed by atoms with Gasteiger partial charge in [0.05, 0.1) is 17.2 Å². The quantitative estimate of drug-likeness (QED) is 0.820. The van der Waals surface area contributed by atoms with E-state index in [9.17, 15) is 14.0 Å². The van der Waals surface area contributed by atoms with Gasteiger partial charge in [-0.25, -0.2) is 9.18 Å². The third-order valence-electron chi connectivity index (χ3n) is 4.55. The molecular formula is C19H24FN3O3. The van der Waals surface area contributed by atoms with Crippen molar-refractivity contribution in [2.75, 3.05) is 5.32 Å². The molecule has 0 saturated heterocycles. The Morgan fingerprint density at radius 1 is 1.31 bits per heavy atom. The number of hydrogen-bond acceptors (Lipinski definition) is 4. The fraction of sp³-hybridized carbons (Fsp3) is 0.526. The Balaban J connectivity index is 1.78. The lowest BCUT2D eigenvalue weighted by Crippen LogP contribution is -2.27. The molecule has 1 amide bonds. The van der Waals surface area contributed by atoms with Crippen LogP contribution in [-0.4, -0.2) is 27.8 Å². The SMILES string of the molecule is CC(C)(C)OC(=O)Nc1cc2cn([C@H]3CC[C@H](C=O)CC3)nc2cc1F. The van der Waals surface area contributed by atoms with Crippen LogP contribution in [0.3, 0.4) is 0 Å². The van der Waals surface area contributed by atoms with Crippen LogP contribution < -0.4 is 5.32 Å². The van der Waals surface area contributed by atoms with Crippen molar-refractivity contribution in [1.82, 2.24) is 9.78 Å². The number of anilines is 1. The first-order chi connectivity index (χ1) is 12.2. The number of rotatable bonds is 3. The van der Waals surface area contributed by atoms with Crippen molar-refractivity contribution in [3.05, 3.63) is 24.1 Å². The highest BCUT2D eigenvalue weighted by molar-refractivity contribution is 5.90. The predicted molar refractivity (Wildman–Crippen MR) is 96.6 cm³/mol. The van der Waals surface area contributed by atoms with Crippen LogP contribution in [0.1, 0.15) is 52.5 Å². The highest BCUT2D eigenvalue weighted by Gasteiger charge is 2.23. The van der Waals surface area contributed by atoms with Crippen LogP contribution in [-0.2, 0) is 9.53 Å². The molecule has 1 aliphatic carbocycles. The Bertz CT molecular complexity index is 817. The second kappa shape index (κ2) is 7.05. The van der Waals surface area contributed by atoms with Gasteiger partial charge in [0.25, 0.3) is 0 Å². The average molecular weight is 361 g/mol. The summed E-state index contributed by atoms with van der Waals surface area (Å²) in [6.45, 7) is 5.24. The summed E-state index contributed by atoms with van der Waals surface area (Å²) in [7, 11) is 0. The predicted octanol–water partition coefficient (Wildman–Crippen LogP) is 4.45. The van der Waals surface area contributed by atoms with Crippen molar-refractivity contribution in [3.8, 4) is 0 Å². The Labute approximate surface area is 151 Å². The monoisotopic (exact) mass is 361 g/mol. The van der Waals surface area contributed by atoms with Gasteiger partial charge in [-0.15, -0.1) is 0 Å². The molecule has 0 atom stereocenters. The van der Waals surface area contributed by atoms with Gasteiger partial charge in [-0.3, -0.25) is 10.00 Å². The van der Waals surface area contributed by atoms with E-state index in [1.807, 2.05) is 10.9 Å². The minimum atomic E-state index is -0.699. The topological polar surface area (TPSA) is 73.2 Å². The third kappa shape index (κ3) is 4.20. The van der Waals surface area contributed by atoms with Crippen molar-refractivity contribution in [3.63, 3.8) is 0 Å². The molecule has 1 aliphatic rings. The number of ether oxygens (including phenoxy) is 1. The van der Waals surface area contributed by atoms with E-state index in [4.69, 9.17) is 4.74 Å². The van der Waals surface area contributed by atoms with Crippen molar-refractivity contribution < 1.29 is 18.7 Å².